The summed E-state index contributed by atoms with van der Waals surface area (Å²) in [5.74, 6) is 0.715. The third-order valence-corrected chi connectivity index (χ3v) is 2.93. The number of unbranched alkanes of at least 4 members (excludes halogenated alkanes) is 2. The van der Waals surface area contributed by atoms with Crippen molar-refractivity contribution in [3.05, 3.63) is 0 Å². The lowest BCUT2D eigenvalue weighted by Crippen LogP contribution is -2.44. The zero-order valence-corrected chi connectivity index (χ0v) is 11.6. The average Bonchev–Trinajstić information content (AvgIpc) is 2.30. The first-order valence-electron chi connectivity index (χ1n) is 6.79. The largest absolute Gasteiger partial charge is 0.344 e. The highest BCUT2D eigenvalue weighted by molar-refractivity contribution is 5.76. The van der Waals surface area contributed by atoms with E-state index in [0.717, 1.165) is 26.2 Å². The van der Waals surface area contributed by atoms with Gasteiger partial charge in [0.15, 0.2) is 5.96 Å². The summed E-state index contributed by atoms with van der Waals surface area (Å²) in [6.07, 6.45) is 4.78. The molecule has 0 unspecified atom stereocenters. The number of rotatable bonds is 8. The summed E-state index contributed by atoms with van der Waals surface area (Å²) in [5.41, 5.74) is 0. The number of hydrogen-bond acceptors (Lipinski definition) is 1. The first-order chi connectivity index (χ1) is 7.71. The summed E-state index contributed by atoms with van der Waals surface area (Å²) in [6.45, 7) is 12.6. The van der Waals surface area contributed by atoms with Gasteiger partial charge in [0, 0.05) is 26.2 Å². The normalized spacial score (nSPS) is 10.2. The molecule has 0 aliphatic rings. The van der Waals surface area contributed by atoms with Crippen LogP contribution in [0.4, 0.5) is 0 Å². The van der Waals surface area contributed by atoms with Crippen molar-refractivity contribution in [1.82, 2.24) is 9.80 Å². The molecule has 0 amide bonds. The summed E-state index contributed by atoms with van der Waals surface area (Å²) in [5, 5.41) is 8.21. The van der Waals surface area contributed by atoms with Crippen LogP contribution in [0.15, 0.2) is 0 Å². The minimum absolute atomic E-state index is 0.715. The van der Waals surface area contributed by atoms with Crippen molar-refractivity contribution in [3.8, 4) is 0 Å². The third-order valence-electron chi connectivity index (χ3n) is 2.93. The quantitative estimate of drug-likeness (QED) is 0.510. The summed E-state index contributed by atoms with van der Waals surface area (Å²) in [4.78, 5) is 4.37. The Kier molecular flexibility index (Phi) is 9.06. The van der Waals surface area contributed by atoms with Crippen molar-refractivity contribution in [1.29, 1.82) is 5.41 Å². The van der Waals surface area contributed by atoms with Crippen LogP contribution in [0.25, 0.3) is 0 Å². The molecule has 0 fully saturated rings. The number of nitrogens with one attached hydrogen (secondary N) is 1. The highest BCUT2D eigenvalue weighted by Crippen LogP contribution is 2.03. The van der Waals surface area contributed by atoms with Crippen molar-refractivity contribution < 1.29 is 0 Å². The molecule has 0 aromatic heterocycles. The molecule has 0 radical (unpaired) electrons. The Morgan fingerprint density at radius 3 is 1.56 bits per heavy atom. The molecule has 0 heterocycles. The Morgan fingerprint density at radius 2 is 1.25 bits per heavy atom. The van der Waals surface area contributed by atoms with Crippen molar-refractivity contribution in [2.45, 2.75) is 53.4 Å². The van der Waals surface area contributed by atoms with Gasteiger partial charge in [-0.15, -0.1) is 0 Å². The smallest absolute Gasteiger partial charge is 0.193 e. The second-order valence-corrected chi connectivity index (χ2v) is 4.19. The minimum Gasteiger partial charge on any atom is -0.344 e. The Hall–Kier alpha value is -0.730. The fraction of sp³-hybridized carbons (Fsp3) is 0.923. The van der Waals surface area contributed by atoms with E-state index in [1.165, 1.54) is 25.7 Å². The van der Waals surface area contributed by atoms with Gasteiger partial charge in [0.2, 0.25) is 0 Å². The lowest BCUT2D eigenvalue weighted by atomic mass is 10.2. The van der Waals surface area contributed by atoms with Crippen LogP contribution in [0.1, 0.15) is 53.4 Å². The van der Waals surface area contributed by atoms with E-state index in [0.29, 0.717) is 5.96 Å². The predicted octanol–water partition coefficient (Wildman–Crippen LogP) is 3.17. The highest BCUT2D eigenvalue weighted by atomic mass is 15.4. The van der Waals surface area contributed by atoms with E-state index < -0.39 is 0 Å². The Bertz CT molecular complexity index is 168. The van der Waals surface area contributed by atoms with Gasteiger partial charge in [-0.2, -0.15) is 0 Å². The van der Waals surface area contributed by atoms with Crippen LogP contribution in [-0.2, 0) is 0 Å². The van der Waals surface area contributed by atoms with Gasteiger partial charge in [0.25, 0.3) is 0 Å². The minimum atomic E-state index is 0.715. The number of nitrogens with zero attached hydrogens (tertiary/aromatic N) is 2. The molecule has 0 aromatic carbocycles. The van der Waals surface area contributed by atoms with Crippen molar-refractivity contribution in [2.75, 3.05) is 26.2 Å². The molecular formula is C13H29N3. The van der Waals surface area contributed by atoms with Crippen LogP contribution in [0.3, 0.4) is 0 Å². The summed E-state index contributed by atoms with van der Waals surface area (Å²) in [7, 11) is 0. The van der Waals surface area contributed by atoms with Gasteiger partial charge in [-0.05, 0) is 26.7 Å². The first-order valence-corrected chi connectivity index (χ1v) is 6.79. The van der Waals surface area contributed by atoms with Gasteiger partial charge in [0.1, 0.15) is 0 Å². The van der Waals surface area contributed by atoms with Gasteiger partial charge >= 0.3 is 0 Å². The molecule has 0 spiro atoms. The lowest BCUT2D eigenvalue weighted by Gasteiger charge is -2.32. The Balaban J connectivity index is 4.28. The van der Waals surface area contributed by atoms with E-state index >= 15 is 0 Å². The van der Waals surface area contributed by atoms with E-state index in [9.17, 15) is 0 Å². The van der Waals surface area contributed by atoms with Crippen LogP contribution < -0.4 is 0 Å². The fourth-order valence-corrected chi connectivity index (χ4v) is 1.74. The van der Waals surface area contributed by atoms with Crippen molar-refractivity contribution >= 4 is 5.96 Å². The van der Waals surface area contributed by atoms with E-state index in [-0.39, 0.29) is 0 Å². The van der Waals surface area contributed by atoms with Gasteiger partial charge < -0.3 is 9.80 Å². The Morgan fingerprint density at radius 1 is 0.812 bits per heavy atom. The molecule has 0 aliphatic carbocycles. The Labute approximate surface area is 101 Å². The molecule has 0 saturated carbocycles. The monoisotopic (exact) mass is 227 g/mol. The maximum atomic E-state index is 8.21. The zero-order chi connectivity index (χ0) is 12.4. The van der Waals surface area contributed by atoms with E-state index in [1.807, 2.05) is 0 Å². The third kappa shape index (κ3) is 5.38. The SMILES string of the molecule is CCCCN(CCCC)C(=N)N(CC)CC. The van der Waals surface area contributed by atoms with Crippen LogP contribution in [0, 0.1) is 5.41 Å². The van der Waals surface area contributed by atoms with Gasteiger partial charge in [-0.1, -0.05) is 26.7 Å². The molecular weight excluding hydrogens is 198 g/mol. The van der Waals surface area contributed by atoms with Crippen LogP contribution in [0.5, 0.6) is 0 Å². The molecule has 0 bridgehead atoms. The summed E-state index contributed by atoms with van der Waals surface area (Å²) >= 11 is 0. The molecule has 0 atom stereocenters. The second-order valence-electron chi connectivity index (χ2n) is 4.19. The molecule has 1 N–H and O–H groups in total. The van der Waals surface area contributed by atoms with Crippen LogP contribution >= 0.6 is 0 Å². The molecule has 0 rings (SSSR count). The van der Waals surface area contributed by atoms with Crippen LogP contribution in [-0.4, -0.2) is 41.9 Å². The molecule has 3 heteroatoms. The zero-order valence-electron chi connectivity index (χ0n) is 11.6. The maximum absolute atomic E-state index is 8.21. The summed E-state index contributed by atoms with van der Waals surface area (Å²) < 4.78 is 0. The fourth-order valence-electron chi connectivity index (χ4n) is 1.74. The maximum Gasteiger partial charge on any atom is 0.193 e. The van der Waals surface area contributed by atoms with Gasteiger partial charge in [-0.3, -0.25) is 5.41 Å². The number of hydrogen-bond donors (Lipinski definition) is 1. The highest BCUT2D eigenvalue weighted by Gasteiger charge is 2.13. The van der Waals surface area contributed by atoms with Crippen molar-refractivity contribution in [2.24, 2.45) is 0 Å². The predicted molar refractivity (Wildman–Crippen MR) is 72.0 cm³/mol. The van der Waals surface area contributed by atoms with Crippen LogP contribution in [0.2, 0.25) is 0 Å². The molecule has 3 nitrogen and oxygen atoms in total. The average molecular weight is 227 g/mol. The molecule has 0 aliphatic heterocycles. The molecule has 0 aromatic rings. The topological polar surface area (TPSA) is 30.3 Å². The van der Waals surface area contributed by atoms with Gasteiger partial charge in [0.05, 0.1) is 0 Å². The standard InChI is InChI=1S/C13H29N3/c1-5-9-11-16(12-10-6-2)13(14)15(7-3)8-4/h14H,5-12H2,1-4H3. The van der Waals surface area contributed by atoms with E-state index in [4.69, 9.17) is 5.41 Å². The van der Waals surface area contributed by atoms with Gasteiger partial charge in [-0.25, -0.2) is 0 Å². The molecule has 16 heavy (non-hydrogen) atoms. The van der Waals surface area contributed by atoms with Crippen molar-refractivity contribution in [3.63, 3.8) is 0 Å². The molecule has 0 saturated heterocycles. The second kappa shape index (κ2) is 9.49. The molecule has 96 valence electrons. The van der Waals surface area contributed by atoms with E-state index in [2.05, 4.69) is 37.5 Å². The number of guanidine groups is 1. The summed E-state index contributed by atoms with van der Waals surface area (Å²) in [6, 6.07) is 0. The lowest BCUT2D eigenvalue weighted by molar-refractivity contribution is 0.318. The van der Waals surface area contributed by atoms with E-state index in [1.54, 1.807) is 0 Å². The first kappa shape index (κ1) is 15.3.